The van der Waals surface area contributed by atoms with Gasteiger partial charge in [0.15, 0.2) is 0 Å². The summed E-state index contributed by atoms with van der Waals surface area (Å²) in [5.74, 6) is 0.999. The van der Waals surface area contributed by atoms with Gasteiger partial charge in [-0.1, -0.05) is 6.92 Å². The van der Waals surface area contributed by atoms with Crippen LogP contribution in [0.1, 0.15) is 45.4 Å². The van der Waals surface area contributed by atoms with Gasteiger partial charge in [0, 0.05) is 31.3 Å². The van der Waals surface area contributed by atoms with Crippen LogP contribution in [0.3, 0.4) is 0 Å². The molecule has 3 aliphatic rings. The highest BCUT2D eigenvalue weighted by molar-refractivity contribution is 4.97. The van der Waals surface area contributed by atoms with Gasteiger partial charge in [0.1, 0.15) is 0 Å². The van der Waals surface area contributed by atoms with E-state index < -0.39 is 0 Å². The molecule has 0 amide bonds. The second-order valence-electron chi connectivity index (χ2n) is 6.36. The number of nitrogens with zero attached hydrogens (tertiary/aromatic N) is 1. The van der Waals surface area contributed by atoms with E-state index >= 15 is 0 Å². The van der Waals surface area contributed by atoms with Gasteiger partial charge in [-0.15, -0.1) is 0 Å². The van der Waals surface area contributed by atoms with E-state index in [4.69, 9.17) is 4.74 Å². The van der Waals surface area contributed by atoms with Gasteiger partial charge in [0.25, 0.3) is 0 Å². The highest BCUT2D eigenvalue weighted by Crippen LogP contribution is 2.37. The smallest absolute Gasteiger partial charge is 0.0637 e. The number of rotatable bonds is 7. The maximum absolute atomic E-state index is 5.77. The summed E-state index contributed by atoms with van der Waals surface area (Å²) in [6, 6.07) is 2.18. The van der Waals surface area contributed by atoms with Crippen molar-refractivity contribution in [2.24, 2.45) is 5.92 Å². The first kappa shape index (κ1) is 12.9. The summed E-state index contributed by atoms with van der Waals surface area (Å²) in [4.78, 5) is 2.80. The predicted molar refractivity (Wildman–Crippen MR) is 73.8 cm³/mol. The van der Waals surface area contributed by atoms with E-state index in [1.807, 2.05) is 0 Å². The lowest BCUT2D eigenvalue weighted by atomic mass is 10.0. The molecule has 1 aliphatic heterocycles. The Balaban J connectivity index is 1.60. The van der Waals surface area contributed by atoms with E-state index in [1.54, 1.807) is 0 Å². The largest absolute Gasteiger partial charge is 0.380 e. The number of ether oxygens (including phenoxy) is 1. The van der Waals surface area contributed by atoms with Crippen LogP contribution in [0.25, 0.3) is 0 Å². The van der Waals surface area contributed by atoms with Crippen molar-refractivity contribution in [3.05, 3.63) is 0 Å². The van der Waals surface area contributed by atoms with Gasteiger partial charge in [-0.05, 0) is 51.0 Å². The molecular weight excluding hydrogens is 224 g/mol. The van der Waals surface area contributed by atoms with Crippen molar-refractivity contribution in [1.82, 2.24) is 10.2 Å². The summed E-state index contributed by atoms with van der Waals surface area (Å²) < 4.78 is 5.77. The van der Waals surface area contributed by atoms with Crippen molar-refractivity contribution in [2.75, 3.05) is 26.3 Å². The Morgan fingerprint density at radius 3 is 2.67 bits per heavy atom. The first-order chi connectivity index (χ1) is 8.88. The molecule has 2 atom stereocenters. The molecule has 2 saturated carbocycles. The van der Waals surface area contributed by atoms with E-state index in [2.05, 4.69) is 17.1 Å². The summed E-state index contributed by atoms with van der Waals surface area (Å²) in [7, 11) is 0. The average molecular weight is 252 g/mol. The Bertz CT molecular complexity index is 263. The van der Waals surface area contributed by atoms with Gasteiger partial charge in [-0.3, -0.25) is 4.90 Å². The normalized spacial score (nSPS) is 33.0. The molecule has 104 valence electrons. The summed E-state index contributed by atoms with van der Waals surface area (Å²) in [6.45, 7) is 6.64. The third-order valence-electron chi connectivity index (χ3n) is 4.59. The number of nitrogens with one attached hydrogen (secondary N) is 1. The highest BCUT2D eigenvalue weighted by atomic mass is 16.5. The van der Waals surface area contributed by atoms with Crippen LogP contribution in [0.5, 0.6) is 0 Å². The van der Waals surface area contributed by atoms with Crippen LogP contribution in [-0.2, 0) is 4.74 Å². The molecule has 18 heavy (non-hydrogen) atoms. The second-order valence-corrected chi connectivity index (χ2v) is 6.36. The first-order valence-electron chi connectivity index (χ1n) is 7.95. The molecule has 0 aromatic heterocycles. The SMILES string of the molecule is CCCNC1CCOCC1N(CC1CC1)C1CC1. The van der Waals surface area contributed by atoms with Gasteiger partial charge >= 0.3 is 0 Å². The molecule has 0 radical (unpaired) electrons. The lowest BCUT2D eigenvalue weighted by Crippen LogP contribution is -2.56. The predicted octanol–water partition coefficient (Wildman–Crippen LogP) is 2.02. The van der Waals surface area contributed by atoms with Crippen LogP contribution in [-0.4, -0.2) is 49.3 Å². The fourth-order valence-corrected chi connectivity index (χ4v) is 3.18. The molecule has 1 N–H and O–H groups in total. The first-order valence-corrected chi connectivity index (χ1v) is 7.95. The zero-order valence-electron chi connectivity index (χ0n) is 11.7. The molecule has 0 aromatic carbocycles. The zero-order valence-corrected chi connectivity index (χ0v) is 11.7. The molecule has 2 aliphatic carbocycles. The Morgan fingerprint density at radius 2 is 2.00 bits per heavy atom. The van der Waals surface area contributed by atoms with Crippen LogP contribution in [0, 0.1) is 5.92 Å². The summed E-state index contributed by atoms with van der Waals surface area (Å²) >= 11 is 0. The average Bonchev–Trinajstić information content (AvgIpc) is 3.27. The van der Waals surface area contributed by atoms with Gasteiger partial charge in [0.05, 0.1) is 6.61 Å². The van der Waals surface area contributed by atoms with E-state index in [0.717, 1.165) is 31.7 Å². The molecule has 3 fully saturated rings. The third-order valence-corrected chi connectivity index (χ3v) is 4.59. The minimum atomic E-state index is 0.637. The zero-order chi connectivity index (χ0) is 12.4. The minimum Gasteiger partial charge on any atom is -0.380 e. The molecule has 3 heteroatoms. The molecule has 3 rings (SSSR count). The summed E-state index contributed by atoms with van der Waals surface area (Å²) in [5.41, 5.74) is 0. The molecule has 1 heterocycles. The van der Waals surface area contributed by atoms with Crippen LogP contribution >= 0.6 is 0 Å². The molecule has 0 bridgehead atoms. The topological polar surface area (TPSA) is 24.5 Å². The van der Waals surface area contributed by atoms with Crippen LogP contribution < -0.4 is 5.32 Å². The third kappa shape index (κ3) is 3.25. The molecule has 2 unspecified atom stereocenters. The Morgan fingerprint density at radius 1 is 1.17 bits per heavy atom. The Labute approximate surface area is 111 Å². The van der Waals surface area contributed by atoms with Crippen LogP contribution in [0.4, 0.5) is 0 Å². The van der Waals surface area contributed by atoms with Gasteiger partial charge in [0.2, 0.25) is 0 Å². The van der Waals surface area contributed by atoms with Crippen molar-refractivity contribution < 1.29 is 4.74 Å². The van der Waals surface area contributed by atoms with Crippen molar-refractivity contribution in [1.29, 1.82) is 0 Å². The van der Waals surface area contributed by atoms with Crippen molar-refractivity contribution >= 4 is 0 Å². The summed E-state index contributed by atoms with van der Waals surface area (Å²) in [5, 5.41) is 3.76. The quantitative estimate of drug-likeness (QED) is 0.750. The van der Waals surface area contributed by atoms with Crippen LogP contribution in [0.15, 0.2) is 0 Å². The van der Waals surface area contributed by atoms with Crippen molar-refractivity contribution in [3.63, 3.8) is 0 Å². The Kier molecular flexibility index (Phi) is 4.22. The van der Waals surface area contributed by atoms with E-state index in [9.17, 15) is 0 Å². The monoisotopic (exact) mass is 252 g/mol. The number of hydrogen-bond acceptors (Lipinski definition) is 3. The van der Waals surface area contributed by atoms with Gasteiger partial charge < -0.3 is 10.1 Å². The van der Waals surface area contributed by atoms with E-state index in [0.29, 0.717) is 12.1 Å². The second kappa shape index (κ2) is 5.89. The van der Waals surface area contributed by atoms with Crippen molar-refractivity contribution in [2.45, 2.75) is 63.6 Å². The molecule has 1 saturated heterocycles. The van der Waals surface area contributed by atoms with Crippen molar-refractivity contribution in [3.8, 4) is 0 Å². The standard InChI is InChI=1S/C15H28N2O/c1-2-8-16-14-7-9-18-11-15(14)17(13-5-6-13)10-12-3-4-12/h12-16H,2-11H2,1H3. The highest BCUT2D eigenvalue weighted by Gasteiger charge is 2.41. The lowest BCUT2D eigenvalue weighted by molar-refractivity contribution is -0.00821. The molecule has 0 aromatic rings. The van der Waals surface area contributed by atoms with Gasteiger partial charge in [-0.25, -0.2) is 0 Å². The Hall–Kier alpha value is -0.120. The molecular formula is C15H28N2O. The lowest BCUT2D eigenvalue weighted by Gasteiger charge is -2.40. The maximum Gasteiger partial charge on any atom is 0.0637 e. The fourth-order valence-electron chi connectivity index (χ4n) is 3.18. The molecule has 0 spiro atoms. The van der Waals surface area contributed by atoms with E-state index in [-0.39, 0.29) is 0 Å². The molecule has 3 nitrogen and oxygen atoms in total. The van der Waals surface area contributed by atoms with E-state index in [1.165, 1.54) is 45.1 Å². The number of hydrogen-bond donors (Lipinski definition) is 1. The fraction of sp³-hybridized carbons (Fsp3) is 1.00. The summed E-state index contributed by atoms with van der Waals surface area (Å²) in [6.07, 6.45) is 8.19. The van der Waals surface area contributed by atoms with Gasteiger partial charge in [-0.2, -0.15) is 0 Å². The van der Waals surface area contributed by atoms with Crippen LogP contribution in [0.2, 0.25) is 0 Å². The minimum absolute atomic E-state index is 0.637. The maximum atomic E-state index is 5.77.